The molecule has 5 heteroatoms. The molecule has 0 saturated heterocycles. The van der Waals surface area contributed by atoms with Gasteiger partial charge in [-0.15, -0.1) is 0 Å². The van der Waals surface area contributed by atoms with Crippen LogP contribution < -0.4 is 4.90 Å². The van der Waals surface area contributed by atoms with Crippen molar-refractivity contribution < 1.29 is 4.74 Å². The van der Waals surface area contributed by atoms with Crippen LogP contribution in [-0.2, 0) is 11.3 Å². The van der Waals surface area contributed by atoms with Gasteiger partial charge < -0.3 is 9.64 Å². The fourth-order valence-electron chi connectivity index (χ4n) is 1.73. The Bertz CT molecular complexity index is 507. The second-order valence-electron chi connectivity index (χ2n) is 4.01. The highest BCUT2D eigenvalue weighted by Gasteiger charge is 2.09. The van der Waals surface area contributed by atoms with Gasteiger partial charge in [0.25, 0.3) is 0 Å². The zero-order valence-corrected chi connectivity index (χ0v) is 11.5. The van der Waals surface area contributed by atoms with Crippen molar-refractivity contribution in [3.63, 3.8) is 0 Å². The molecule has 19 heavy (non-hydrogen) atoms. The molecule has 0 atom stereocenters. The highest BCUT2D eigenvalue weighted by molar-refractivity contribution is 6.28. The van der Waals surface area contributed by atoms with E-state index in [1.807, 2.05) is 24.3 Å². The maximum Gasteiger partial charge on any atom is 0.224 e. The first-order valence-corrected chi connectivity index (χ1v) is 6.35. The lowest BCUT2D eigenvalue weighted by Crippen LogP contribution is -2.27. The SMILES string of the molecule is COCCN(Cc1c[c]ccc1)c1ccnc(Cl)n1. The number of anilines is 1. The second-order valence-corrected chi connectivity index (χ2v) is 4.35. The van der Waals surface area contributed by atoms with Gasteiger partial charge in [-0.25, -0.2) is 9.97 Å². The van der Waals surface area contributed by atoms with E-state index in [0.717, 1.165) is 24.5 Å². The molecule has 0 aliphatic heterocycles. The molecule has 0 bridgehead atoms. The molecule has 2 rings (SSSR count). The quantitative estimate of drug-likeness (QED) is 0.760. The number of aromatic nitrogens is 2. The molecule has 4 nitrogen and oxygen atoms in total. The first-order chi connectivity index (χ1) is 9.29. The second kappa shape index (κ2) is 7.07. The van der Waals surface area contributed by atoms with Crippen molar-refractivity contribution in [2.24, 2.45) is 0 Å². The molecule has 1 heterocycles. The molecule has 1 radical (unpaired) electrons. The van der Waals surface area contributed by atoms with Crippen LogP contribution in [-0.4, -0.2) is 30.2 Å². The zero-order chi connectivity index (χ0) is 13.5. The van der Waals surface area contributed by atoms with Crippen LogP contribution in [0.25, 0.3) is 0 Å². The lowest BCUT2D eigenvalue weighted by Gasteiger charge is -2.23. The van der Waals surface area contributed by atoms with E-state index in [1.165, 1.54) is 0 Å². The average Bonchev–Trinajstić information content (AvgIpc) is 2.44. The lowest BCUT2D eigenvalue weighted by molar-refractivity contribution is 0.205. The fourth-order valence-corrected chi connectivity index (χ4v) is 1.87. The standard InChI is InChI=1S/C14H15ClN3O/c1-19-10-9-18(11-12-5-3-2-4-6-12)13-7-8-16-14(15)17-13/h2-3,5-8H,9-11H2,1H3. The van der Waals surface area contributed by atoms with Crippen LogP contribution in [0.15, 0.2) is 36.5 Å². The minimum Gasteiger partial charge on any atom is -0.383 e. The first kappa shape index (κ1) is 13.8. The predicted molar refractivity (Wildman–Crippen MR) is 75.2 cm³/mol. The summed E-state index contributed by atoms with van der Waals surface area (Å²) in [6.07, 6.45) is 1.65. The van der Waals surface area contributed by atoms with Gasteiger partial charge in [-0.3, -0.25) is 0 Å². The Morgan fingerprint density at radius 3 is 3.00 bits per heavy atom. The van der Waals surface area contributed by atoms with E-state index in [1.54, 1.807) is 13.3 Å². The molecule has 0 aliphatic carbocycles. The largest absolute Gasteiger partial charge is 0.383 e. The van der Waals surface area contributed by atoms with E-state index in [0.29, 0.717) is 6.61 Å². The number of nitrogens with zero attached hydrogens (tertiary/aromatic N) is 3. The third-order valence-corrected chi connectivity index (χ3v) is 2.83. The van der Waals surface area contributed by atoms with Crippen molar-refractivity contribution >= 4 is 17.4 Å². The average molecular weight is 277 g/mol. The summed E-state index contributed by atoms with van der Waals surface area (Å²) >= 11 is 5.84. The van der Waals surface area contributed by atoms with Gasteiger partial charge in [0, 0.05) is 26.4 Å². The number of rotatable bonds is 6. The normalized spacial score (nSPS) is 10.4. The molecular formula is C14H15ClN3O. The van der Waals surface area contributed by atoms with Crippen molar-refractivity contribution in [2.45, 2.75) is 6.54 Å². The maximum atomic E-state index is 5.84. The number of halogens is 1. The van der Waals surface area contributed by atoms with E-state index in [4.69, 9.17) is 16.3 Å². The molecule has 1 aromatic carbocycles. The number of methoxy groups -OCH3 is 1. The molecule has 2 aromatic rings. The van der Waals surface area contributed by atoms with E-state index >= 15 is 0 Å². The molecule has 0 fully saturated rings. The Kier molecular flexibility index (Phi) is 5.12. The Morgan fingerprint density at radius 2 is 2.32 bits per heavy atom. The Labute approximate surface area is 118 Å². The molecule has 0 amide bonds. The van der Waals surface area contributed by atoms with Gasteiger partial charge in [0.1, 0.15) is 5.82 Å². The molecule has 0 saturated carbocycles. The monoisotopic (exact) mass is 276 g/mol. The molecule has 0 spiro atoms. The summed E-state index contributed by atoms with van der Waals surface area (Å²) in [7, 11) is 1.68. The first-order valence-electron chi connectivity index (χ1n) is 5.97. The minimum atomic E-state index is 0.250. The number of ether oxygens (including phenoxy) is 1. The van der Waals surface area contributed by atoms with Crippen molar-refractivity contribution in [3.8, 4) is 0 Å². The third-order valence-electron chi connectivity index (χ3n) is 2.65. The Morgan fingerprint density at radius 1 is 1.42 bits per heavy atom. The van der Waals surface area contributed by atoms with Crippen LogP contribution in [0.2, 0.25) is 5.28 Å². The van der Waals surface area contributed by atoms with Crippen molar-refractivity contribution in [1.29, 1.82) is 0 Å². The number of benzene rings is 1. The molecule has 0 unspecified atom stereocenters. The van der Waals surface area contributed by atoms with Gasteiger partial charge in [0.15, 0.2) is 0 Å². The smallest absolute Gasteiger partial charge is 0.224 e. The van der Waals surface area contributed by atoms with Crippen LogP contribution in [0.5, 0.6) is 0 Å². The molecule has 0 aliphatic rings. The van der Waals surface area contributed by atoms with Crippen molar-refractivity contribution in [3.05, 3.63) is 53.4 Å². The molecule has 1 aromatic heterocycles. The van der Waals surface area contributed by atoms with E-state index in [-0.39, 0.29) is 5.28 Å². The van der Waals surface area contributed by atoms with Gasteiger partial charge in [-0.1, -0.05) is 18.2 Å². The molecule has 0 N–H and O–H groups in total. The summed E-state index contributed by atoms with van der Waals surface area (Å²) in [5.41, 5.74) is 1.16. The van der Waals surface area contributed by atoms with E-state index in [2.05, 4.69) is 27.0 Å². The highest BCUT2D eigenvalue weighted by atomic mass is 35.5. The number of hydrogen-bond donors (Lipinski definition) is 0. The lowest BCUT2D eigenvalue weighted by atomic mass is 10.2. The maximum absolute atomic E-state index is 5.84. The zero-order valence-electron chi connectivity index (χ0n) is 10.7. The minimum absolute atomic E-state index is 0.250. The summed E-state index contributed by atoms with van der Waals surface area (Å²) in [6, 6.07) is 12.8. The van der Waals surface area contributed by atoms with Gasteiger partial charge in [0.05, 0.1) is 6.61 Å². The van der Waals surface area contributed by atoms with Gasteiger partial charge in [-0.05, 0) is 35.4 Å². The van der Waals surface area contributed by atoms with Gasteiger partial charge >= 0.3 is 0 Å². The van der Waals surface area contributed by atoms with Crippen molar-refractivity contribution in [2.75, 3.05) is 25.2 Å². The molecular weight excluding hydrogens is 262 g/mol. The Balaban J connectivity index is 2.16. The van der Waals surface area contributed by atoms with Gasteiger partial charge in [0.2, 0.25) is 5.28 Å². The summed E-state index contributed by atoms with van der Waals surface area (Å²) in [5.74, 6) is 0.793. The van der Waals surface area contributed by atoms with E-state index in [9.17, 15) is 0 Å². The van der Waals surface area contributed by atoms with Crippen LogP contribution in [0.1, 0.15) is 5.56 Å². The summed E-state index contributed by atoms with van der Waals surface area (Å²) in [4.78, 5) is 10.2. The molecule has 99 valence electrons. The fraction of sp³-hybridized carbons (Fsp3) is 0.286. The van der Waals surface area contributed by atoms with E-state index < -0.39 is 0 Å². The van der Waals surface area contributed by atoms with Crippen LogP contribution in [0.3, 0.4) is 0 Å². The summed E-state index contributed by atoms with van der Waals surface area (Å²) < 4.78 is 5.14. The summed E-state index contributed by atoms with van der Waals surface area (Å²) in [6.45, 7) is 2.09. The third kappa shape index (κ3) is 4.19. The van der Waals surface area contributed by atoms with Crippen molar-refractivity contribution in [1.82, 2.24) is 9.97 Å². The summed E-state index contributed by atoms with van der Waals surface area (Å²) in [5, 5.41) is 0.250. The van der Waals surface area contributed by atoms with Crippen LogP contribution >= 0.6 is 11.6 Å². The Hall–Kier alpha value is -1.65. The van der Waals surface area contributed by atoms with Crippen LogP contribution in [0, 0.1) is 6.07 Å². The predicted octanol–water partition coefficient (Wildman–Crippen LogP) is 2.58. The number of hydrogen-bond acceptors (Lipinski definition) is 4. The topological polar surface area (TPSA) is 38.2 Å². The van der Waals surface area contributed by atoms with Gasteiger partial charge in [-0.2, -0.15) is 0 Å². The van der Waals surface area contributed by atoms with Crippen LogP contribution in [0.4, 0.5) is 5.82 Å². The highest BCUT2D eigenvalue weighted by Crippen LogP contribution is 2.15.